The van der Waals surface area contributed by atoms with Crippen LogP contribution < -0.4 is 0 Å². The van der Waals surface area contributed by atoms with E-state index in [-0.39, 0.29) is 5.25 Å². The topological polar surface area (TPSA) is 58.9 Å². The molecule has 4 aromatic rings. The van der Waals surface area contributed by atoms with Crippen molar-refractivity contribution < 1.29 is 0 Å². The van der Waals surface area contributed by atoms with E-state index in [0.29, 0.717) is 5.92 Å². The lowest BCUT2D eigenvalue weighted by Gasteiger charge is -2.14. The second kappa shape index (κ2) is 6.72. The molecule has 6 heteroatoms. The number of fused-ring (bicyclic) bond motifs is 1. The molecule has 3 aromatic heterocycles. The van der Waals surface area contributed by atoms with Crippen LogP contribution in [-0.2, 0) is 0 Å². The molecule has 0 saturated carbocycles. The van der Waals surface area contributed by atoms with Gasteiger partial charge in [-0.25, -0.2) is 14.5 Å². The quantitative estimate of drug-likeness (QED) is 0.541. The molecule has 1 aromatic carbocycles. The monoisotopic (exact) mass is 349 g/mol. The Bertz CT molecular complexity index is 924. The zero-order valence-corrected chi connectivity index (χ0v) is 14.9. The van der Waals surface area contributed by atoms with Crippen LogP contribution in [-0.4, -0.2) is 24.6 Å². The Labute approximate surface area is 150 Å². The van der Waals surface area contributed by atoms with E-state index in [4.69, 9.17) is 0 Å². The zero-order valence-electron chi connectivity index (χ0n) is 14.1. The van der Waals surface area contributed by atoms with Gasteiger partial charge >= 0.3 is 0 Å². The molecule has 126 valence electrons. The van der Waals surface area contributed by atoms with Crippen LogP contribution in [0.4, 0.5) is 0 Å². The number of aromatic nitrogens is 5. The zero-order chi connectivity index (χ0) is 17.2. The Morgan fingerprint density at radius 1 is 1.04 bits per heavy atom. The number of nitrogens with one attached hydrogen (secondary N) is 1. The number of rotatable bonds is 5. The van der Waals surface area contributed by atoms with E-state index in [0.717, 1.165) is 16.6 Å². The van der Waals surface area contributed by atoms with Crippen LogP contribution in [0.2, 0.25) is 0 Å². The van der Waals surface area contributed by atoms with E-state index < -0.39 is 0 Å². The average molecular weight is 349 g/mol. The lowest BCUT2D eigenvalue weighted by molar-refractivity contribution is 0.863. The fourth-order valence-corrected chi connectivity index (χ4v) is 3.75. The highest BCUT2D eigenvalue weighted by atomic mass is 32.2. The van der Waals surface area contributed by atoms with E-state index in [2.05, 4.69) is 58.2 Å². The van der Waals surface area contributed by atoms with Crippen LogP contribution in [0.5, 0.6) is 0 Å². The number of nitrogens with zero attached hydrogens (tertiary/aromatic N) is 4. The van der Waals surface area contributed by atoms with Crippen LogP contribution >= 0.6 is 11.8 Å². The Morgan fingerprint density at radius 2 is 1.84 bits per heavy atom. The molecule has 1 N–H and O–H groups in total. The molecular formula is C19H19N5S. The average Bonchev–Trinajstić information content (AvgIpc) is 3.29. The van der Waals surface area contributed by atoms with Crippen LogP contribution in [0.3, 0.4) is 0 Å². The number of thioether (sulfide) groups is 1. The van der Waals surface area contributed by atoms with Gasteiger partial charge in [0.25, 0.3) is 0 Å². The Hall–Kier alpha value is -2.60. The fraction of sp³-hybridized carbons (Fsp3) is 0.211. The van der Waals surface area contributed by atoms with E-state index in [9.17, 15) is 0 Å². The lowest BCUT2D eigenvalue weighted by atomic mass is 10.0. The molecule has 5 nitrogen and oxygen atoms in total. The first-order chi connectivity index (χ1) is 12.2. The normalized spacial score (nSPS) is 12.8. The smallest absolute Gasteiger partial charge is 0.210 e. The highest BCUT2D eigenvalue weighted by molar-refractivity contribution is 7.99. The van der Waals surface area contributed by atoms with Crippen molar-refractivity contribution in [2.75, 3.05) is 0 Å². The van der Waals surface area contributed by atoms with Crippen molar-refractivity contribution in [1.82, 2.24) is 24.6 Å². The Kier molecular flexibility index (Phi) is 4.28. The first-order valence-corrected chi connectivity index (χ1v) is 9.16. The molecule has 1 atom stereocenters. The Balaban J connectivity index is 1.68. The molecule has 0 bridgehead atoms. The van der Waals surface area contributed by atoms with Crippen molar-refractivity contribution in [2.45, 2.75) is 30.2 Å². The maximum atomic E-state index is 4.61. The number of imidazole rings is 1. The molecule has 0 aliphatic heterocycles. The van der Waals surface area contributed by atoms with Gasteiger partial charge in [0.2, 0.25) is 5.16 Å². The third-order valence-electron chi connectivity index (χ3n) is 4.12. The van der Waals surface area contributed by atoms with Gasteiger partial charge in [-0.1, -0.05) is 55.9 Å². The summed E-state index contributed by atoms with van der Waals surface area (Å²) >= 11 is 1.60. The number of H-pyrrole nitrogens is 1. The molecule has 4 rings (SSSR count). The van der Waals surface area contributed by atoms with E-state index in [1.54, 1.807) is 22.5 Å². The molecule has 25 heavy (non-hydrogen) atoms. The second-order valence-corrected chi connectivity index (χ2v) is 7.26. The number of aromatic amines is 1. The van der Waals surface area contributed by atoms with Crippen LogP contribution in [0.25, 0.3) is 5.65 Å². The molecule has 0 radical (unpaired) electrons. The van der Waals surface area contributed by atoms with Gasteiger partial charge in [0, 0.05) is 18.6 Å². The third-order valence-corrected chi connectivity index (χ3v) is 5.23. The summed E-state index contributed by atoms with van der Waals surface area (Å²) < 4.78 is 1.80. The first kappa shape index (κ1) is 15.9. The van der Waals surface area contributed by atoms with Crippen molar-refractivity contribution in [3.63, 3.8) is 0 Å². The van der Waals surface area contributed by atoms with Gasteiger partial charge in [0.05, 0.1) is 5.25 Å². The highest BCUT2D eigenvalue weighted by Gasteiger charge is 2.21. The van der Waals surface area contributed by atoms with Crippen molar-refractivity contribution in [1.29, 1.82) is 0 Å². The summed E-state index contributed by atoms with van der Waals surface area (Å²) in [5, 5.41) is 5.32. The first-order valence-electron chi connectivity index (χ1n) is 8.28. The summed E-state index contributed by atoms with van der Waals surface area (Å²) in [4.78, 5) is 12.3. The maximum absolute atomic E-state index is 4.61. The predicted octanol–water partition coefficient (Wildman–Crippen LogP) is 4.46. The molecular weight excluding hydrogens is 330 g/mol. The van der Waals surface area contributed by atoms with Gasteiger partial charge in [-0.2, -0.15) is 0 Å². The summed E-state index contributed by atoms with van der Waals surface area (Å²) in [5.41, 5.74) is 3.36. The van der Waals surface area contributed by atoms with Crippen LogP contribution in [0.1, 0.15) is 42.0 Å². The van der Waals surface area contributed by atoms with Gasteiger partial charge in [-0.05, 0) is 29.2 Å². The fourth-order valence-electron chi connectivity index (χ4n) is 2.72. The Morgan fingerprint density at radius 3 is 2.52 bits per heavy atom. The van der Waals surface area contributed by atoms with Crippen LogP contribution in [0.15, 0.2) is 66.2 Å². The molecule has 0 aliphatic carbocycles. The highest BCUT2D eigenvalue weighted by Crippen LogP contribution is 2.38. The van der Waals surface area contributed by atoms with Gasteiger partial charge in [-0.3, -0.25) is 0 Å². The minimum atomic E-state index is 0.0219. The van der Waals surface area contributed by atoms with Crippen LogP contribution in [0, 0.1) is 0 Å². The SMILES string of the molecule is CC(C)c1ccc(C(Sc2nc3ccccn3n2)c2ncc[nH]2)cc1. The number of benzene rings is 1. The van der Waals surface area contributed by atoms with Gasteiger partial charge in [0.15, 0.2) is 5.65 Å². The van der Waals surface area contributed by atoms with Gasteiger partial charge in [-0.15, -0.1) is 5.10 Å². The molecule has 0 saturated heterocycles. The predicted molar refractivity (Wildman–Crippen MR) is 99.8 cm³/mol. The van der Waals surface area contributed by atoms with Crippen molar-refractivity contribution in [2.24, 2.45) is 0 Å². The summed E-state index contributed by atoms with van der Waals surface area (Å²) in [6.07, 6.45) is 5.54. The number of pyridine rings is 1. The van der Waals surface area contributed by atoms with E-state index in [1.165, 1.54) is 11.1 Å². The summed E-state index contributed by atoms with van der Waals surface area (Å²) in [5.74, 6) is 1.42. The maximum Gasteiger partial charge on any atom is 0.210 e. The minimum Gasteiger partial charge on any atom is -0.347 e. The number of hydrogen-bond donors (Lipinski definition) is 1. The van der Waals surface area contributed by atoms with Crippen molar-refractivity contribution in [3.8, 4) is 0 Å². The van der Waals surface area contributed by atoms with Crippen molar-refractivity contribution in [3.05, 3.63) is 78.0 Å². The largest absolute Gasteiger partial charge is 0.347 e. The summed E-state index contributed by atoms with van der Waals surface area (Å²) in [7, 11) is 0. The standard InChI is InChI=1S/C19H19N5S/c1-13(2)14-6-8-15(9-7-14)17(18-20-10-11-21-18)25-19-22-16-5-3-4-12-24(16)23-19/h3-13,17H,1-2H3,(H,20,21). The number of hydrogen-bond acceptors (Lipinski definition) is 4. The second-order valence-electron chi connectivity index (χ2n) is 6.19. The third kappa shape index (κ3) is 3.30. The minimum absolute atomic E-state index is 0.0219. The molecule has 0 aliphatic rings. The summed E-state index contributed by atoms with van der Waals surface area (Å²) in [6.45, 7) is 4.41. The molecule has 0 amide bonds. The molecule has 3 heterocycles. The summed E-state index contributed by atoms with van der Waals surface area (Å²) in [6, 6.07) is 14.6. The van der Waals surface area contributed by atoms with Gasteiger partial charge in [0.1, 0.15) is 5.82 Å². The molecule has 0 fully saturated rings. The van der Waals surface area contributed by atoms with E-state index >= 15 is 0 Å². The van der Waals surface area contributed by atoms with Gasteiger partial charge < -0.3 is 4.98 Å². The molecule has 1 unspecified atom stereocenters. The van der Waals surface area contributed by atoms with Crippen molar-refractivity contribution >= 4 is 17.4 Å². The lowest BCUT2D eigenvalue weighted by Crippen LogP contribution is -2.01. The van der Waals surface area contributed by atoms with E-state index in [1.807, 2.05) is 30.6 Å². The molecule has 0 spiro atoms.